The van der Waals surface area contributed by atoms with Crippen molar-refractivity contribution in [2.45, 2.75) is 25.7 Å². The van der Waals surface area contributed by atoms with Gasteiger partial charge in [0.25, 0.3) is 0 Å². The van der Waals surface area contributed by atoms with Crippen LogP contribution in [0.2, 0.25) is 0 Å². The van der Waals surface area contributed by atoms with Crippen molar-refractivity contribution < 1.29 is 4.79 Å². The second-order valence-electron chi connectivity index (χ2n) is 6.77. The van der Waals surface area contributed by atoms with Crippen LogP contribution in [0.15, 0.2) is 54.7 Å². The first kappa shape index (κ1) is 15.5. The molecule has 1 aliphatic rings. The van der Waals surface area contributed by atoms with Gasteiger partial charge in [-0.2, -0.15) is 5.10 Å². The topological polar surface area (TPSA) is 47.8 Å². The molecular formula is C21H17N3OS. The Bertz CT molecular complexity index is 1110. The lowest BCUT2D eigenvalue weighted by molar-refractivity contribution is 0.0963. The Morgan fingerprint density at radius 2 is 1.88 bits per heavy atom. The molecule has 0 saturated heterocycles. The number of hydrogen-bond acceptors (Lipinski definition) is 4. The summed E-state index contributed by atoms with van der Waals surface area (Å²) in [5.74, 6) is 0.368. The lowest BCUT2D eigenvalue weighted by Gasteiger charge is -2.23. The zero-order valence-corrected chi connectivity index (χ0v) is 15.2. The van der Waals surface area contributed by atoms with Crippen molar-refractivity contribution in [2.24, 2.45) is 0 Å². The Hall–Kier alpha value is -2.79. The number of hydrogen-bond donors (Lipinski definition) is 0. The average molecular weight is 359 g/mol. The Balaban J connectivity index is 1.60. The minimum Gasteiger partial charge on any atom is -0.294 e. The number of carbonyl (C=O) groups is 1. The molecule has 0 fully saturated rings. The largest absolute Gasteiger partial charge is 0.294 e. The van der Waals surface area contributed by atoms with E-state index in [0.717, 1.165) is 33.0 Å². The first-order valence-electron chi connectivity index (χ1n) is 8.72. The third-order valence-electron chi connectivity index (χ3n) is 5.13. The molecule has 26 heavy (non-hydrogen) atoms. The predicted molar refractivity (Wildman–Crippen MR) is 103 cm³/mol. The molecule has 0 spiro atoms. The minimum absolute atomic E-state index is 0.173. The van der Waals surface area contributed by atoms with Crippen LogP contribution in [0.3, 0.4) is 0 Å². The second-order valence-corrected chi connectivity index (χ2v) is 7.77. The number of benzene rings is 2. The molecule has 0 N–H and O–H groups in total. The van der Waals surface area contributed by atoms with Gasteiger partial charge in [-0.05, 0) is 42.5 Å². The number of para-hydroxylation sites is 1. The summed E-state index contributed by atoms with van der Waals surface area (Å²) in [6, 6.07) is 16.4. The van der Waals surface area contributed by atoms with E-state index in [1.54, 1.807) is 17.5 Å². The van der Waals surface area contributed by atoms with Crippen molar-refractivity contribution in [3.8, 4) is 5.13 Å². The summed E-state index contributed by atoms with van der Waals surface area (Å²) in [5.41, 5.74) is 5.18. The van der Waals surface area contributed by atoms with Crippen molar-refractivity contribution in [3.63, 3.8) is 0 Å². The van der Waals surface area contributed by atoms with E-state index in [1.807, 2.05) is 35.0 Å². The third-order valence-corrected chi connectivity index (χ3v) is 6.14. The quantitative estimate of drug-likeness (QED) is 0.521. The molecule has 1 atom stereocenters. The number of Topliss-reactive ketones (excluding diaryl/α,β-unsaturated/α-hetero) is 1. The van der Waals surface area contributed by atoms with Crippen LogP contribution in [-0.2, 0) is 6.42 Å². The molecular weight excluding hydrogens is 342 g/mol. The van der Waals surface area contributed by atoms with E-state index >= 15 is 0 Å². The van der Waals surface area contributed by atoms with Gasteiger partial charge in [0.05, 0.1) is 27.7 Å². The van der Waals surface area contributed by atoms with Crippen molar-refractivity contribution in [1.82, 2.24) is 14.8 Å². The number of thiazole rings is 1. The van der Waals surface area contributed by atoms with Gasteiger partial charge < -0.3 is 0 Å². The number of aromatic nitrogens is 3. The molecule has 0 saturated carbocycles. The predicted octanol–water partition coefficient (Wildman–Crippen LogP) is 4.70. The highest BCUT2D eigenvalue weighted by molar-refractivity contribution is 7.20. The lowest BCUT2D eigenvalue weighted by atomic mass is 9.81. The van der Waals surface area contributed by atoms with Gasteiger partial charge in [0.15, 0.2) is 5.78 Å². The van der Waals surface area contributed by atoms with Gasteiger partial charge in [0.2, 0.25) is 5.13 Å². The van der Waals surface area contributed by atoms with E-state index in [4.69, 9.17) is 4.98 Å². The summed E-state index contributed by atoms with van der Waals surface area (Å²) in [5, 5.41) is 5.33. The Morgan fingerprint density at radius 1 is 1.08 bits per heavy atom. The molecule has 0 aliphatic heterocycles. The second kappa shape index (κ2) is 5.88. The molecule has 128 valence electrons. The number of fused-ring (bicyclic) bond motifs is 2. The third kappa shape index (κ3) is 2.39. The van der Waals surface area contributed by atoms with Gasteiger partial charge in [-0.1, -0.05) is 47.7 Å². The van der Waals surface area contributed by atoms with Crippen LogP contribution >= 0.6 is 11.3 Å². The summed E-state index contributed by atoms with van der Waals surface area (Å²) in [4.78, 5) is 17.4. The Labute approximate surface area is 155 Å². The van der Waals surface area contributed by atoms with Gasteiger partial charge in [-0.15, -0.1) is 0 Å². The van der Waals surface area contributed by atoms with E-state index in [1.165, 1.54) is 11.1 Å². The Kier molecular flexibility index (Phi) is 3.50. The van der Waals surface area contributed by atoms with Crippen LogP contribution in [0.5, 0.6) is 0 Å². The molecule has 0 bridgehead atoms. The molecule has 4 aromatic rings. The summed E-state index contributed by atoms with van der Waals surface area (Å²) >= 11 is 1.61. The highest BCUT2D eigenvalue weighted by atomic mass is 32.1. The molecule has 5 heteroatoms. The van der Waals surface area contributed by atoms with Gasteiger partial charge in [0.1, 0.15) is 0 Å². The van der Waals surface area contributed by atoms with Crippen molar-refractivity contribution >= 4 is 27.3 Å². The monoisotopic (exact) mass is 359 g/mol. The SMILES string of the molecule is Cc1ccccc1[C@H]1CC(=O)c2cnn(-c3nc4ccccc4s3)c2C1. The highest BCUT2D eigenvalue weighted by Gasteiger charge is 2.31. The van der Waals surface area contributed by atoms with Crippen LogP contribution in [0, 0.1) is 6.92 Å². The zero-order valence-electron chi connectivity index (χ0n) is 14.3. The number of carbonyl (C=O) groups excluding carboxylic acids is 1. The fourth-order valence-corrected chi connectivity index (χ4v) is 4.77. The van der Waals surface area contributed by atoms with Gasteiger partial charge in [-0.25, -0.2) is 9.67 Å². The molecule has 4 nitrogen and oxygen atoms in total. The highest BCUT2D eigenvalue weighted by Crippen LogP contribution is 2.36. The summed E-state index contributed by atoms with van der Waals surface area (Å²) in [7, 11) is 0. The molecule has 0 unspecified atom stereocenters. The molecule has 1 aliphatic carbocycles. The summed E-state index contributed by atoms with van der Waals surface area (Å²) in [6.45, 7) is 2.11. The molecule has 2 aromatic carbocycles. The maximum Gasteiger partial charge on any atom is 0.211 e. The van der Waals surface area contributed by atoms with E-state index in [0.29, 0.717) is 6.42 Å². The first-order valence-corrected chi connectivity index (χ1v) is 9.54. The smallest absolute Gasteiger partial charge is 0.211 e. The van der Waals surface area contributed by atoms with Gasteiger partial charge >= 0.3 is 0 Å². The number of rotatable bonds is 2. The Morgan fingerprint density at radius 3 is 2.73 bits per heavy atom. The number of aryl methyl sites for hydroxylation is 1. The minimum atomic E-state index is 0.173. The van der Waals surface area contributed by atoms with E-state index in [9.17, 15) is 4.79 Å². The van der Waals surface area contributed by atoms with Crippen LogP contribution in [0.1, 0.15) is 39.5 Å². The number of nitrogens with zero attached hydrogens (tertiary/aromatic N) is 3. The zero-order chi connectivity index (χ0) is 17.7. The van der Waals surface area contributed by atoms with Crippen molar-refractivity contribution in [3.05, 3.63) is 77.1 Å². The normalized spacial score (nSPS) is 16.8. The van der Waals surface area contributed by atoms with E-state index in [2.05, 4.69) is 30.2 Å². The molecule has 2 aromatic heterocycles. The van der Waals surface area contributed by atoms with Crippen LogP contribution in [0.4, 0.5) is 0 Å². The van der Waals surface area contributed by atoms with Crippen LogP contribution < -0.4 is 0 Å². The average Bonchev–Trinajstić information content (AvgIpc) is 3.25. The molecule has 5 rings (SSSR count). The summed E-state index contributed by atoms with van der Waals surface area (Å²) < 4.78 is 2.99. The maximum absolute atomic E-state index is 12.7. The van der Waals surface area contributed by atoms with E-state index < -0.39 is 0 Å². The molecule has 0 radical (unpaired) electrons. The maximum atomic E-state index is 12.7. The fraction of sp³-hybridized carbons (Fsp3) is 0.190. The van der Waals surface area contributed by atoms with Gasteiger partial charge in [-0.3, -0.25) is 4.79 Å². The van der Waals surface area contributed by atoms with E-state index in [-0.39, 0.29) is 11.7 Å². The fourth-order valence-electron chi connectivity index (χ4n) is 3.82. The lowest BCUT2D eigenvalue weighted by Crippen LogP contribution is -2.20. The molecule has 2 heterocycles. The van der Waals surface area contributed by atoms with Gasteiger partial charge in [0, 0.05) is 6.42 Å². The van der Waals surface area contributed by atoms with Crippen molar-refractivity contribution in [1.29, 1.82) is 0 Å². The summed E-state index contributed by atoms with van der Waals surface area (Å²) in [6.07, 6.45) is 3.06. The van der Waals surface area contributed by atoms with Crippen LogP contribution in [0.25, 0.3) is 15.3 Å². The first-order chi connectivity index (χ1) is 12.7. The number of ketones is 1. The molecule has 0 amide bonds. The standard InChI is InChI=1S/C21H17N3OS/c1-13-6-2-3-7-15(13)14-10-18-16(19(25)11-14)12-22-24(18)21-23-17-8-4-5-9-20(17)26-21/h2-9,12,14H,10-11H2,1H3/t14-/m1/s1. The van der Waals surface area contributed by atoms with Crippen LogP contribution in [-0.4, -0.2) is 20.5 Å². The van der Waals surface area contributed by atoms with Crippen molar-refractivity contribution in [2.75, 3.05) is 0 Å².